The molecule has 1 aliphatic carbocycles. The number of nitrogen functional groups attached to an aromatic ring is 1. The summed E-state index contributed by atoms with van der Waals surface area (Å²) in [6.07, 6.45) is 7.05. The Bertz CT molecular complexity index is 261. The Morgan fingerprint density at radius 3 is 2.54 bits per heavy atom. The lowest BCUT2D eigenvalue weighted by atomic mass is 10.3. The molecule has 0 aromatic carbocycles. The molecule has 1 heterocycles. The topological polar surface area (TPSA) is 43.8 Å². The van der Waals surface area contributed by atoms with E-state index >= 15 is 0 Å². The van der Waals surface area contributed by atoms with Crippen LogP contribution in [-0.4, -0.2) is 9.78 Å². The van der Waals surface area contributed by atoms with Crippen LogP contribution in [0.25, 0.3) is 0 Å². The summed E-state index contributed by atoms with van der Waals surface area (Å²) in [6, 6.07) is 0.582. The Morgan fingerprint density at radius 2 is 2.08 bits per heavy atom. The predicted octanol–water partition coefficient (Wildman–Crippen LogP) is 2.76. The number of rotatable bonds is 1. The first-order chi connectivity index (χ1) is 5.77. The number of nitrogens with zero attached hydrogens (tertiary/aromatic N) is 2. The Hall–Kier alpha value is -0.220. The van der Waals surface area contributed by atoms with Gasteiger partial charge < -0.3 is 5.73 Å². The molecule has 0 unspecified atom stereocenters. The van der Waals surface area contributed by atoms with Crippen molar-refractivity contribution in [1.82, 2.24) is 9.78 Å². The average molecular weight is 267 g/mol. The predicted molar refractivity (Wildman–Crippen MR) is 59.1 cm³/mol. The third-order valence-corrected chi connectivity index (χ3v) is 3.03. The molecular weight excluding hydrogens is 253 g/mol. The van der Waals surface area contributed by atoms with E-state index < -0.39 is 0 Å². The Balaban J connectivity index is 0.000000845. The second kappa shape index (κ2) is 4.33. The zero-order valence-electron chi connectivity index (χ0n) is 7.24. The highest BCUT2D eigenvalue weighted by Crippen LogP contribution is 2.30. The quantitative estimate of drug-likeness (QED) is 0.849. The lowest BCUT2D eigenvalue weighted by Gasteiger charge is -2.07. The van der Waals surface area contributed by atoms with E-state index in [1.165, 1.54) is 25.7 Å². The molecule has 0 amide bonds. The summed E-state index contributed by atoms with van der Waals surface area (Å²) in [6.45, 7) is 0. The van der Waals surface area contributed by atoms with Gasteiger partial charge in [0.2, 0.25) is 0 Å². The van der Waals surface area contributed by atoms with Gasteiger partial charge in [0.15, 0.2) is 4.60 Å². The van der Waals surface area contributed by atoms with E-state index in [1.807, 2.05) is 10.9 Å². The molecule has 5 heteroatoms. The van der Waals surface area contributed by atoms with E-state index in [4.69, 9.17) is 5.73 Å². The molecule has 0 aliphatic heterocycles. The van der Waals surface area contributed by atoms with Crippen LogP contribution < -0.4 is 5.73 Å². The molecule has 13 heavy (non-hydrogen) atoms. The molecule has 1 fully saturated rings. The van der Waals surface area contributed by atoms with Gasteiger partial charge >= 0.3 is 0 Å². The highest BCUT2D eigenvalue weighted by molar-refractivity contribution is 9.10. The van der Waals surface area contributed by atoms with Gasteiger partial charge in [-0.1, -0.05) is 12.8 Å². The molecule has 1 aromatic rings. The maximum Gasteiger partial charge on any atom is 0.151 e. The lowest BCUT2D eigenvalue weighted by molar-refractivity contribution is 0.465. The molecule has 1 aromatic heterocycles. The first-order valence-corrected chi connectivity index (χ1v) is 5.07. The Kier molecular flexibility index (Phi) is 3.62. The van der Waals surface area contributed by atoms with Crippen LogP contribution in [0.1, 0.15) is 31.7 Å². The first-order valence-electron chi connectivity index (χ1n) is 4.27. The van der Waals surface area contributed by atoms with Crippen molar-refractivity contribution in [3.05, 3.63) is 10.8 Å². The van der Waals surface area contributed by atoms with Crippen LogP contribution in [0.5, 0.6) is 0 Å². The number of halogens is 2. The highest BCUT2D eigenvalue weighted by Gasteiger charge is 2.18. The van der Waals surface area contributed by atoms with E-state index in [2.05, 4.69) is 21.0 Å². The fourth-order valence-electron chi connectivity index (χ4n) is 1.74. The summed E-state index contributed by atoms with van der Waals surface area (Å²) in [5.74, 6) is 0. The van der Waals surface area contributed by atoms with E-state index in [0.717, 1.165) is 10.3 Å². The largest absolute Gasteiger partial charge is 0.395 e. The molecule has 0 bridgehead atoms. The van der Waals surface area contributed by atoms with Crippen LogP contribution in [0.15, 0.2) is 10.8 Å². The van der Waals surface area contributed by atoms with E-state index in [-0.39, 0.29) is 12.4 Å². The SMILES string of the molecule is Cl.Nc1cn(C2CCCC2)nc1Br. The van der Waals surface area contributed by atoms with Gasteiger partial charge in [-0.15, -0.1) is 12.4 Å². The minimum Gasteiger partial charge on any atom is -0.395 e. The minimum atomic E-state index is 0. The monoisotopic (exact) mass is 265 g/mol. The number of hydrogen-bond acceptors (Lipinski definition) is 2. The number of nitrogens with two attached hydrogens (primary N) is 1. The fraction of sp³-hybridized carbons (Fsp3) is 0.625. The lowest BCUT2D eigenvalue weighted by Crippen LogP contribution is -2.04. The normalized spacial score (nSPS) is 17.3. The van der Waals surface area contributed by atoms with Crippen molar-refractivity contribution >= 4 is 34.0 Å². The summed E-state index contributed by atoms with van der Waals surface area (Å²) in [5, 5.41) is 4.30. The summed E-state index contributed by atoms with van der Waals surface area (Å²) in [5.41, 5.74) is 6.42. The molecule has 74 valence electrons. The summed E-state index contributed by atoms with van der Waals surface area (Å²) >= 11 is 3.31. The van der Waals surface area contributed by atoms with Crippen molar-refractivity contribution in [3.63, 3.8) is 0 Å². The second-order valence-electron chi connectivity index (χ2n) is 3.29. The zero-order valence-corrected chi connectivity index (χ0v) is 9.64. The van der Waals surface area contributed by atoms with E-state index in [9.17, 15) is 0 Å². The molecular formula is C8H13BrClN3. The van der Waals surface area contributed by atoms with Crippen molar-refractivity contribution in [2.75, 3.05) is 5.73 Å². The van der Waals surface area contributed by atoms with Gasteiger partial charge in [0.25, 0.3) is 0 Å². The Labute approximate surface area is 92.2 Å². The average Bonchev–Trinajstić information content (AvgIpc) is 2.61. The maximum atomic E-state index is 5.68. The summed E-state index contributed by atoms with van der Waals surface area (Å²) < 4.78 is 2.77. The molecule has 1 saturated carbocycles. The van der Waals surface area contributed by atoms with Gasteiger partial charge in [-0.05, 0) is 28.8 Å². The van der Waals surface area contributed by atoms with Crippen molar-refractivity contribution in [2.24, 2.45) is 0 Å². The van der Waals surface area contributed by atoms with Gasteiger partial charge in [0.05, 0.1) is 11.7 Å². The number of aromatic nitrogens is 2. The van der Waals surface area contributed by atoms with Crippen molar-refractivity contribution in [2.45, 2.75) is 31.7 Å². The summed E-state index contributed by atoms with van der Waals surface area (Å²) in [7, 11) is 0. The molecule has 0 atom stereocenters. The van der Waals surface area contributed by atoms with Crippen molar-refractivity contribution in [3.8, 4) is 0 Å². The number of hydrogen-bond donors (Lipinski definition) is 1. The maximum absolute atomic E-state index is 5.68. The van der Waals surface area contributed by atoms with Crippen LogP contribution in [0.3, 0.4) is 0 Å². The molecule has 0 saturated heterocycles. The standard InChI is InChI=1S/C8H12BrN3.ClH/c9-8-7(10)5-12(11-8)6-3-1-2-4-6;/h5-6H,1-4,10H2;1H. The molecule has 3 nitrogen and oxygen atoms in total. The molecule has 2 N–H and O–H groups in total. The zero-order chi connectivity index (χ0) is 8.55. The minimum absolute atomic E-state index is 0. The van der Waals surface area contributed by atoms with Gasteiger partial charge in [-0.25, -0.2) is 0 Å². The van der Waals surface area contributed by atoms with Gasteiger partial charge in [0.1, 0.15) is 0 Å². The molecule has 1 aliphatic rings. The van der Waals surface area contributed by atoms with Crippen LogP contribution >= 0.6 is 28.3 Å². The number of anilines is 1. The fourth-order valence-corrected chi connectivity index (χ4v) is 2.03. The van der Waals surface area contributed by atoms with Crippen LogP contribution in [0, 0.1) is 0 Å². The van der Waals surface area contributed by atoms with E-state index in [1.54, 1.807) is 0 Å². The van der Waals surface area contributed by atoms with Crippen molar-refractivity contribution in [1.29, 1.82) is 0 Å². The van der Waals surface area contributed by atoms with Gasteiger partial charge in [-0.3, -0.25) is 4.68 Å². The van der Waals surface area contributed by atoms with E-state index in [0.29, 0.717) is 6.04 Å². The smallest absolute Gasteiger partial charge is 0.151 e. The molecule has 2 rings (SSSR count). The summed E-state index contributed by atoms with van der Waals surface area (Å²) in [4.78, 5) is 0. The van der Waals surface area contributed by atoms with Crippen LogP contribution in [0.4, 0.5) is 5.69 Å². The van der Waals surface area contributed by atoms with Crippen LogP contribution in [-0.2, 0) is 0 Å². The second-order valence-corrected chi connectivity index (χ2v) is 4.04. The van der Waals surface area contributed by atoms with Crippen LogP contribution in [0.2, 0.25) is 0 Å². The molecule has 0 spiro atoms. The third kappa shape index (κ3) is 2.17. The molecule has 0 radical (unpaired) electrons. The van der Waals surface area contributed by atoms with Crippen molar-refractivity contribution < 1.29 is 0 Å². The highest BCUT2D eigenvalue weighted by atomic mass is 79.9. The van der Waals surface area contributed by atoms with Gasteiger partial charge in [0, 0.05) is 6.20 Å². The Morgan fingerprint density at radius 1 is 1.46 bits per heavy atom. The first kappa shape index (κ1) is 10.9. The third-order valence-electron chi connectivity index (χ3n) is 2.41. The van der Waals surface area contributed by atoms with Gasteiger partial charge in [-0.2, -0.15) is 5.10 Å².